The van der Waals surface area contributed by atoms with E-state index in [2.05, 4.69) is 41.3 Å². The van der Waals surface area contributed by atoms with Crippen LogP contribution in [-0.4, -0.2) is 52.0 Å². The number of guanidine groups is 1. The van der Waals surface area contributed by atoms with E-state index in [0.29, 0.717) is 11.8 Å². The SMILES string of the molecule is CCNC(=NCC(C)c1ccsc1)NCCCOCC1CCOC1. The van der Waals surface area contributed by atoms with Crippen molar-refractivity contribution in [3.05, 3.63) is 22.4 Å². The number of ether oxygens (including phenoxy) is 2. The number of thiophene rings is 1. The zero-order valence-electron chi connectivity index (χ0n) is 14.9. The Hall–Kier alpha value is -1.11. The van der Waals surface area contributed by atoms with Crippen LogP contribution >= 0.6 is 11.3 Å². The molecule has 6 heteroatoms. The van der Waals surface area contributed by atoms with E-state index in [1.807, 2.05) is 0 Å². The van der Waals surface area contributed by atoms with E-state index in [0.717, 1.165) is 64.9 Å². The van der Waals surface area contributed by atoms with Gasteiger partial charge in [-0.15, -0.1) is 0 Å². The fourth-order valence-electron chi connectivity index (χ4n) is 2.58. The highest BCUT2D eigenvalue weighted by molar-refractivity contribution is 7.07. The molecule has 1 fully saturated rings. The summed E-state index contributed by atoms with van der Waals surface area (Å²) in [4.78, 5) is 4.69. The van der Waals surface area contributed by atoms with Crippen LogP contribution in [-0.2, 0) is 9.47 Å². The predicted octanol–water partition coefficient (Wildman–Crippen LogP) is 2.85. The molecule has 0 saturated carbocycles. The van der Waals surface area contributed by atoms with E-state index < -0.39 is 0 Å². The van der Waals surface area contributed by atoms with E-state index in [-0.39, 0.29) is 0 Å². The van der Waals surface area contributed by atoms with Gasteiger partial charge in [-0.2, -0.15) is 11.3 Å². The monoisotopic (exact) mass is 353 g/mol. The first-order valence-corrected chi connectivity index (χ1v) is 9.93. The summed E-state index contributed by atoms with van der Waals surface area (Å²) in [6.07, 6.45) is 2.12. The lowest BCUT2D eigenvalue weighted by Gasteiger charge is -2.13. The molecule has 0 radical (unpaired) electrons. The fraction of sp³-hybridized carbons (Fsp3) is 0.722. The quantitative estimate of drug-likeness (QED) is 0.386. The molecule has 2 N–H and O–H groups in total. The Labute approximate surface area is 149 Å². The van der Waals surface area contributed by atoms with Crippen LogP contribution in [0.15, 0.2) is 21.8 Å². The van der Waals surface area contributed by atoms with Gasteiger partial charge in [-0.05, 0) is 42.2 Å². The van der Waals surface area contributed by atoms with Crippen LogP contribution < -0.4 is 10.6 Å². The first kappa shape index (κ1) is 19.2. The molecule has 1 aromatic rings. The van der Waals surface area contributed by atoms with Gasteiger partial charge in [0.2, 0.25) is 0 Å². The second-order valence-electron chi connectivity index (χ2n) is 6.26. The third kappa shape index (κ3) is 7.20. The largest absolute Gasteiger partial charge is 0.381 e. The minimum absolute atomic E-state index is 0.448. The zero-order chi connectivity index (χ0) is 17.0. The highest BCUT2D eigenvalue weighted by Crippen LogP contribution is 2.18. The first-order valence-electron chi connectivity index (χ1n) is 8.99. The standard InChI is InChI=1S/C18H31N3O2S/c1-3-19-18(21-11-15(2)17-6-10-24-14-17)20-7-4-8-22-12-16-5-9-23-13-16/h6,10,14-16H,3-5,7-9,11-13H2,1-2H3,(H2,19,20,21). The van der Waals surface area contributed by atoms with Gasteiger partial charge in [-0.3, -0.25) is 4.99 Å². The molecule has 24 heavy (non-hydrogen) atoms. The average molecular weight is 354 g/mol. The zero-order valence-corrected chi connectivity index (χ0v) is 15.7. The van der Waals surface area contributed by atoms with Crippen molar-refractivity contribution in [2.75, 3.05) is 46.1 Å². The number of hydrogen-bond acceptors (Lipinski definition) is 4. The average Bonchev–Trinajstić information content (AvgIpc) is 3.28. The Bertz CT molecular complexity index is 459. The molecule has 1 saturated heterocycles. The third-order valence-corrected chi connectivity index (χ3v) is 4.82. The summed E-state index contributed by atoms with van der Waals surface area (Å²) in [7, 11) is 0. The number of hydrogen-bond donors (Lipinski definition) is 2. The smallest absolute Gasteiger partial charge is 0.191 e. The highest BCUT2D eigenvalue weighted by Gasteiger charge is 2.15. The summed E-state index contributed by atoms with van der Waals surface area (Å²) in [5, 5.41) is 11.0. The molecule has 136 valence electrons. The summed E-state index contributed by atoms with van der Waals surface area (Å²) in [6, 6.07) is 2.18. The molecule has 2 atom stereocenters. The lowest BCUT2D eigenvalue weighted by Crippen LogP contribution is -2.38. The molecule has 0 aliphatic carbocycles. The minimum atomic E-state index is 0.448. The maximum absolute atomic E-state index is 5.73. The van der Waals surface area contributed by atoms with E-state index in [9.17, 15) is 0 Å². The van der Waals surface area contributed by atoms with Crippen LogP contribution in [0.5, 0.6) is 0 Å². The van der Waals surface area contributed by atoms with Gasteiger partial charge in [0.15, 0.2) is 5.96 Å². The van der Waals surface area contributed by atoms with Gasteiger partial charge in [-0.25, -0.2) is 0 Å². The van der Waals surface area contributed by atoms with Gasteiger partial charge in [-0.1, -0.05) is 6.92 Å². The van der Waals surface area contributed by atoms with Crippen LogP contribution in [0.4, 0.5) is 0 Å². The number of nitrogens with one attached hydrogen (secondary N) is 2. The molecular weight excluding hydrogens is 322 g/mol. The van der Waals surface area contributed by atoms with Crippen molar-refractivity contribution in [2.24, 2.45) is 10.9 Å². The molecule has 2 heterocycles. The number of rotatable bonds is 10. The first-order chi connectivity index (χ1) is 11.8. The highest BCUT2D eigenvalue weighted by atomic mass is 32.1. The lowest BCUT2D eigenvalue weighted by molar-refractivity contribution is 0.0888. The normalized spacial score (nSPS) is 19.4. The van der Waals surface area contributed by atoms with E-state index in [1.165, 1.54) is 5.56 Å². The second-order valence-corrected chi connectivity index (χ2v) is 7.04. The van der Waals surface area contributed by atoms with Gasteiger partial charge < -0.3 is 20.1 Å². The summed E-state index contributed by atoms with van der Waals surface area (Å²) in [5.41, 5.74) is 1.36. The Morgan fingerprint density at radius 3 is 3.12 bits per heavy atom. The number of aliphatic imine (C=N–C) groups is 1. The van der Waals surface area contributed by atoms with Gasteiger partial charge in [0, 0.05) is 44.7 Å². The molecular formula is C18H31N3O2S. The van der Waals surface area contributed by atoms with Crippen LogP contribution in [0.25, 0.3) is 0 Å². The van der Waals surface area contributed by atoms with Crippen LogP contribution in [0.2, 0.25) is 0 Å². The van der Waals surface area contributed by atoms with E-state index in [1.54, 1.807) is 11.3 Å². The van der Waals surface area contributed by atoms with Gasteiger partial charge in [0.25, 0.3) is 0 Å². The fourth-order valence-corrected chi connectivity index (χ4v) is 3.36. The van der Waals surface area contributed by atoms with E-state index in [4.69, 9.17) is 14.5 Å². The van der Waals surface area contributed by atoms with Crippen molar-refractivity contribution < 1.29 is 9.47 Å². The van der Waals surface area contributed by atoms with Crippen molar-refractivity contribution in [3.63, 3.8) is 0 Å². The summed E-state index contributed by atoms with van der Waals surface area (Å²) in [5.74, 6) is 1.93. The maximum Gasteiger partial charge on any atom is 0.191 e. The summed E-state index contributed by atoms with van der Waals surface area (Å²) < 4.78 is 11.1. The summed E-state index contributed by atoms with van der Waals surface area (Å²) in [6.45, 7) is 10.2. The van der Waals surface area contributed by atoms with Crippen molar-refractivity contribution in [3.8, 4) is 0 Å². The Morgan fingerprint density at radius 1 is 1.50 bits per heavy atom. The third-order valence-electron chi connectivity index (χ3n) is 4.12. The predicted molar refractivity (Wildman–Crippen MR) is 101 cm³/mol. The van der Waals surface area contributed by atoms with Crippen molar-refractivity contribution in [2.45, 2.75) is 32.6 Å². The van der Waals surface area contributed by atoms with Crippen molar-refractivity contribution >= 4 is 17.3 Å². The lowest BCUT2D eigenvalue weighted by atomic mass is 10.1. The molecule has 0 bridgehead atoms. The Morgan fingerprint density at radius 2 is 2.42 bits per heavy atom. The number of nitrogens with zero attached hydrogens (tertiary/aromatic N) is 1. The molecule has 2 rings (SSSR count). The summed E-state index contributed by atoms with van der Waals surface area (Å²) >= 11 is 1.74. The van der Waals surface area contributed by atoms with Crippen LogP contribution in [0, 0.1) is 5.92 Å². The molecule has 1 aliphatic rings. The second kappa shape index (κ2) is 11.4. The maximum atomic E-state index is 5.73. The molecule has 0 amide bonds. The Balaban J connectivity index is 1.60. The Kier molecular flexibility index (Phi) is 9.16. The van der Waals surface area contributed by atoms with Gasteiger partial charge in [0.1, 0.15) is 0 Å². The van der Waals surface area contributed by atoms with Crippen LogP contribution in [0.3, 0.4) is 0 Å². The topological polar surface area (TPSA) is 54.9 Å². The van der Waals surface area contributed by atoms with Crippen molar-refractivity contribution in [1.29, 1.82) is 0 Å². The van der Waals surface area contributed by atoms with E-state index >= 15 is 0 Å². The molecule has 1 aromatic heterocycles. The van der Waals surface area contributed by atoms with Crippen LogP contribution in [0.1, 0.15) is 38.2 Å². The molecule has 0 aromatic carbocycles. The molecule has 5 nitrogen and oxygen atoms in total. The van der Waals surface area contributed by atoms with Crippen molar-refractivity contribution in [1.82, 2.24) is 10.6 Å². The molecule has 2 unspecified atom stereocenters. The van der Waals surface area contributed by atoms with Gasteiger partial charge >= 0.3 is 0 Å². The minimum Gasteiger partial charge on any atom is -0.381 e. The molecule has 0 spiro atoms. The van der Waals surface area contributed by atoms with Gasteiger partial charge in [0.05, 0.1) is 13.2 Å². The molecule has 1 aliphatic heterocycles.